The second kappa shape index (κ2) is 4.60. The Balaban J connectivity index is 2.07. The van der Waals surface area contributed by atoms with Crippen molar-refractivity contribution in [3.8, 4) is 0 Å². The molecule has 1 aromatic rings. The highest BCUT2D eigenvalue weighted by Crippen LogP contribution is 2.31. The third kappa shape index (κ3) is 2.38. The van der Waals surface area contributed by atoms with Crippen LogP contribution in [0.1, 0.15) is 35.1 Å². The minimum atomic E-state index is 0.214. The Labute approximate surface area is 94.8 Å². The zero-order valence-corrected chi connectivity index (χ0v) is 10.1. The number of thiazole rings is 1. The molecule has 0 aromatic carbocycles. The Bertz CT molecular complexity index is 326. The fraction of sp³-hybridized carbons (Fsp3) is 0.727. The van der Waals surface area contributed by atoms with E-state index in [1.54, 1.807) is 11.3 Å². The first-order chi connectivity index (χ1) is 7.20. The maximum Gasteiger partial charge on any atom is 0.0971 e. The average Bonchev–Trinajstić information content (AvgIpc) is 2.84. The van der Waals surface area contributed by atoms with Crippen molar-refractivity contribution in [3.63, 3.8) is 0 Å². The minimum Gasteiger partial charge on any atom is -0.396 e. The van der Waals surface area contributed by atoms with Gasteiger partial charge in [-0.05, 0) is 20.0 Å². The molecule has 1 saturated heterocycles. The summed E-state index contributed by atoms with van der Waals surface area (Å²) in [6.45, 7) is 4.56. The molecule has 2 heterocycles. The number of nitrogens with zero attached hydrogens (tertiary/aromatic N) is 2. The summed E-state index contributed by atoms with van der Waals surface area (Å²) in [5, 5.41) is 10.3. The third-order valence-corrected chi connectivity index (χ3v) is 4.43. The molecular formula is C11H18N2OS. The van der Waals surface area contributed by atoms with E-state index in [0.717, 1.165) is 6.54 Å². The van der Waals surface area contributed by atoms with Gasteiger partial charge in [-0.3, -0.25) is 0 Å². The summed E-state index contributed by atoms with van der Waals surface area (Å²) in [6.07, 6.45) is 3.15. The van der Waals surface area contributed by atoms with Crippen LogP contribution in [0, 0.1) is 0 Å². The number of aliphatic hydroxyl groups excluding tert-OH is 1. The van der Waals surface area contributed by atoms with E-state index >= 15 is 0 Å². The van der Waals surface area contributed by atoms with Crippen LogP contribution in [0.5, 0.6) is 0 Å². The smallest absolute Gasteiger partial charge is 0.0971 e. The summed E-state index contributed by atoms with van der Waals surface area (Å²) in [4.78, 5) is 8.04. The topological polar surface area (TPSA) is 36.4 Å². The predicted molar refractivity (Wildman–Crippen MR) is 62.5 cm³/mol. The molecule has 1 fully saturated rings. The number of aliphatic hydroxyl groups is 1. The van der Waals surface area contributed by atoms with Gasteiger partial charge < -0.3 is 10.0 Å². The second-order valence-electron chi connectivity index (χ2n) is 4.43. The van der Waals surface area contributed by atoms with Gasteiger partial charge in [0.2, 0.25) is 0 Å². The Morgan fingerprint density at radius 1 is 1.73 bits per heavy atom. The molecular weight excluding hydrogens is 208 g/mol. The first kappa shape index (κ1) is 11.0. The molecule has 1 aliphatic heterocycles. The number of hydrogen-bond acceptors (Lipinski definition) is 4. The lowest BCUT2D eigenvalue weighted by molar-refractivity contribution is 0.274. The van der Waals surface area contributed by atoms with E-state index in [1.165, 1.54) is 22.9 Å². The fourth-order valence-corrected chi connectivity index (χ4v) is 3.03. The number of likely N-dealkylation sites (tertiary alicyclic amines) is 1. The highest BCUT2D eigenvalue weighted by atomic mass is 32.1. The van der Waals surface area contributed by atoms with E-state index in [4.69, 9.17) is 5.11 Å². The fourth-order valence-electron chi connectivity index (χ4n) is 1.94. The molecule has 0 amide bonds. The summed E-state index contributed by atoms with van der Waals surface area (Å²) < 4.78 is 0. The van der Waals surface area contributed by atoms with Crippen molar-refractivity contribution in [2.24, 2.45) is 0 Å². The maximum absolute atomic E-state index is 9.08. The molecule has 1 aromatic heterocycles. The molecule has 15 heavy (non-hydrogen) atoms. The molecule has 2 atom stereocenters. The molecule has 2 rings (SSSR count). The van der Waals surface area contributed by atoms with Crippen LogP contribution in [0.4, 0.5) is 0 Å². The standard InChI is InChI=1S/C11H18N2OS/c1-8(7-14)10-5-12-11(15-10)9-3-4-13(2)6-9/h5,8-9,14H,3-4,6-7H2,1-2H3. The molecule has 3 nitrogen and oxygen atoms in total. The summed E-state index contributed by atoms with van der Waals surface area (Å²) >= 11 is 1.77. The van der Waals surface area contributed by atoms with Gasteiger partial charge >= 0.3 is 0 Å². The molecule has 0 spiro atoms. The molecule has 84 valence electrons. The molecule has 2 unspecified atom stereocenters. The van der Waals surface area contributed by atoms with Crippen molar-refractivity contribution in [1.82, 2.24) is 9.88 Å². The van der Waals surface area contributed by atoms with Crippen LogP contribution in [0.2, 0.25) is 0 Å². The predicted octanol–water partition coefficient (Wildman–Crippen LogP) is 1.66. The molecule has 1 N–H and O–H groups in total. The van der Waals surface area contributed by atoms with Crippen LogP contribution < -0.4 is 0 Å². The highest BCUT2D eigenvalue weighted by Gasteiger charge is 2.24. The first-order valence-electron chi connectivity index (χ1n) is 5.45. The van der Waals surface area contributed by atoms with Crippen LogP contribution in [-0.4, -0.2) is 41.7 Å². The van der Waals surface area contributed by atoms with Crippen molar-refractivity contribution in [2.45, 2.75) is 25.2 Å². The van der Waals surface area contributed by atoms with Gasteiger partial charge in [-0.2, -0.15) is 0 Å². The molecule has 0 saturated carbocycles. The Morgan fingerprint density at radius 2 is 2.53 bits per heavy atom. The zero-order chi connectivity index (χ0) is 10.8. The van der Waals surface area contributed by atoms with Crippen molar-refractivity contribution in [3.05, 3.63) is 16.1 Å². The minimum absolute atomic E-state index is 0.214. The van der Waals surface area contributed by atoms with Gasteiger partial charge in [0.05, 0.1) is 11.6 Å². The van der Waals surface area contributed by atoms with E-state index < -0.39 is 0 Å². The van der Waals surface area contributed by atoms with Crippen LogP contribution in [0.3, 0.4) is 0 Å². The molecule has 0 bridgehead atoms. The first-order valence-corrected chi connectivity index (χ1v) is 6.27. The summed E-state index contributed by atoms with van der Waals surface area (Å²) in [7, 11) is 2.16. The second-order valence-corrected chi connectivity index (χ2v) is 5.53. The van der Waals surface area contributed by atoms with Crippen LogP contribution in [0.25, 0.3) is 0 Å². The Hall–Kier alpha value is -0.450. The monoisotopic (exact) mass is 226 g/mol. The summed E-state index contributed by atoms with van der Waals surface area (Å²) in [5.41, 5.74) is 0. The number of likely N-dealkylation sites (N-methyl/N-ethyl adjacent to an activating group) is 1. The van der Waals surface area contributed by atoms with E-state index in [9.17, 15) is 0 Å². The molecule has 0 aliphatic carbocycles. The van der Waals surface area contributed by atoms with Crippen molar-refractivity contribution in [2.75, 3.05) is 26.7 Å². The quantitative estimate of drug-likeness (QED) is 0.851. The lowest BCUT2D eigenvalue weighted by atomic mass is 10.1. The van der Waals surface area contributed by atoms with E-state index in [1.807, 2.05) is 13.1 Å². The van der Waals surface area contributed by atoms with Gasteiger partial charge in [0.1, 0.15) is 0 Å². The largest absolute Gasteiger partial charge is 0.396 e. The third-order valence-electron chi connectivity index (χ3n) is 3.04. The highest BCUT2D eigenvalue weighted by molar-refractivity contribution is 7.11. The van der Waals surface area contributed by atoms with Gasteiger partial charge in [0.15, 0.2) is 0 Å². The van der Waals surface area contributed by atoms with Crippen molar-refractivity contribution in [1.29, 1.82) is 0 Å². The number of aromatic nitrogens is 1. The van der Waals surface area contributed by atoms with E-state index in [0.29, 0.717) is 5.92 Å². The van der Waals surface area contributed by atoms with Crippen LogP contribution in [-0.2, 0) is 0 Å². The van der Waals surface area contributed by atoms with Gasteiger partial charge in [0, 0.05) is 29.5 Å². The van der Waals surface area contributed by atoms with Crippen LogP contribution >= 0.6 is 11.3 Å². The molecule has 0 radical (unpaired) electrons. The lowest BCUT2D eigenvalue weighted by Gasteiger charge is -2.07. The normalized spacial score (nSPS) is 24.6. The van der Waals surface area contributed by atoms with Crippen molar-refractivity contribution >= 4 is 11.3 Å². The van der Waals surface area contributed by atoms with Gasteiger partial charge in [-0.1, -0.05) is 6.92 Å². The zero-order valence-electron chi connectivity index (χ0n) is 9.31. The number of rotatable bonds is 3. The van der Waals surface area contributed by atoms with Gasteiger partial charge in [-0.25, -0.2) is 4.98 Å². The van der Waals surface area contributed by atoms with E-state index in [-0.39, 0.29) is 12.5 Å². The maximum atomic E-state index is 9.08. The van der Waals surface area contributed by atoms with E-state index in [2.05, 4.69) is 16.9 Å². The van der Waals surface area contributed by atoms with Crippen molar-refractivity contribution < 1.29 is 5.11 Å². The van der Waals surface area contributed by atoms with Gasteiger partial charge in [-0.15, -0.1) is 11.3 Å². The molecule has 1 aliphatic rings. The average molecular weight is 226 g/mol. The summed E-state index contributed by atoms with van der Waals surface area (Å²) in [6, 6.07) is 0. The SMILES string of the molecule is CC(CO)c1cnc(C2CCN(C)C2)s1. The molecule has 4 heteroatoms. The van der Waals surface area contributed by atoms with Crippen LogP contribution in [0.15, 0.2) is 6.20 Å². The Kier molecular flexibility index (Phi) is 3.38. The Morgan fingerprint density at radius 3 is 3.13 bits per heavy atom. The number of hydrogen-bond donors (Lipinski definition) is 1. The lowest BCUT2D eigenvalue weighted by Crippen LogP contribution is -2.13. The summed E-state index contributed by atoms with van der Waals surface area (Å²) in [5.74, 6) is 0.843. The van der Waals surface area contributed by atoms with Gasteiger partial charge in [0.25, 0.3) is 0 Å².